The first-order valence-corrected chi connectivity index (χ1v) is 13.4. The predicted molar refractivity (Wildman–Crippen MR) is 133 cm³/mol. The summed E-state index contributed by atoms with van der Waals surface area (Å²) in [7, 11) is 0. The number of β-lactam (4-membered cyclic amide) rings is 1. The molecule has 16 heteroatoms. The van der Waals surface area contributed by atoms with E-state index in [2.05, 4.69) is 30.5 Å². The molecule has 4 aliphatic heterocycles. The van der Waals surface area contributed by atoms with Gasteiger partial charge in [-0.05, 0) is 49.4 Å². The molecule has 0 spiro atoms. The number of allylic oxidation sites excluding steroid dienone is 1. The minimum atomic E-state index is -1.28. The van der Waals surface area contributed by atoms with Crippen LogP contribution in [0.5, 0.6) is 0 Å². The lowest BCUT2D eigenvalue weighted by Crippen LogP contribution is -2.71. The number of oxime groups is 1. The van der Waals surface area contributed by atoms with Crippen molar-refractivity contribution in [3.05, 3.63) is 28.2 Å². The van der Waals surface area contributed by atoms with E-state index < -0.39 is 34.9 Å². The van der Waals surface area contributed by atoms with Crippen molar-refractivity contribution < 1.29 is 29.5 Å². The Bertz CT molecular complexity index is 1270. The quantitative estimate of drug-likeness (QED) is 0.0787. The number of carbonyl (C=O) groups is 4. The molecule has 0 aliphatic carbocycles. The lowest BCUT2D eigenvalue weighted by molar-refractivity contribution is -0.150. The summed E-state index contributed by atoms with van der Waals surface area (Å²) in [5.74, 6) is -2.69. The van der Waals surface area contributed by atoms with E-state index in [0.717, 1.165) is 35.9 Å². The third kappa shape index (κ3) is 4.55. The monoisotopic (exact) mass is 548 g/mol. The van der Waals surface area contributed by atoms with Crippen LogP contribution in [0.2, 0.25) is 0 Å². The van der Waals surface area contributed by atoms with E-state index in [1.807, 2.05) is 0 Å². The second-order valence-corrected chi connectivity index (χ2v) is 10.8. The highest BCUT2D eigenvalue weighted by atomic mass is 32.2. The van der Waals surface area contributed by atoms with Gasteiger partial charge in [0.1, 0.15) is 17.1 Å². The molecule has 7 N–H and O–H groups in total. The number of hydrogen-bond donors (Lipinski definition) is 6. The number of anilines is 1. The first kappa shape index (κ1) is 25.2. The van der Waals surface area contributed by atoms with E-state index in [0.29, 0.717) is 36.1 Å². The van der Waals surface area contributed by atoms with Crippen molar-refractivity contribution in [3.63, 3.8) is 0 Å². The average molecular weight is 549 g/mol. The number of rotatable bonds is 7. The molecule has 37 heavy (non-hydrogen) atoms. The number of aromatic nitrogens is 2. The zero-order valence-corrected chi connectivity index (χ0v) is 21.0. The summed E-state index contributed by atoms with van der Waals surface area (Å²) >= 11 is 2.11. The Morgan fingerprint density at radius 1 is 1.30 bits per heavy atom. The summed E-state index contributed by atoms with van der Waals surface area (Å²) in [5, 5.41) is 30.3. The van der Waals surface area contributed by atoms with Crippen molar-refractivity contribution in [2.24, 2.45) is 11.1 Å². The molecule has 196 valence electrons. The third-order valence-corrected chi connectivity index (χ3v) is 8.57. The zero-order valence-electron chi connectivity index (χ0n) is 19.4. The van der Waals surface area contributed by atoms with Gasteiger partial charge in [0.15, 0.2) is 5.13 Å². The number of hydrogen-bond acceptors (Lipinski definition) is 12. The van der Waals surface area contributed by atoms with Gasteiger partial charge in [-0.25, -0.2) is 4.79 Å². The first-order valence-electron chi connectivity index (χ1n) is 11.5. The number of amides is 3. The van der Waals surface area contributed by atoms with Crippen molar-refractivity contribution in [1.82, 2.24) is 30.2 Å². The fourth-order valence-corrected chi connectivity index (χ4v) is 6.82. The molecule has 0 aromatic carbocycles. The highest BCUT2D eigenvalue weighted by molar-refractivity contribution is 8.00. The fraction of sp³-hybridized carbons (Fsp3) is 0.476. The number of carbonyl (C=O) groups excluding carboxylic acids is 3. The van der Waals surface area contributed by atoms with Crippen molar-refractivity contribution in [1.29, 1.82) is 0 Å². The van der Waals surface area contributed by atoms with E-state index >= 15 is 0 Å². The molecule has 5 rings (SSSR count). The van der Waals surface area contributed by atoms with Crippen molar-refractivity contribution in [2.45, 2.75) is 30.7 Å². The Morgan fingerprint density at radius 2 is 2.11 bits per heavy atom. The van der Waals surface area contributed by atoms with Gasteiger partial charge in [-0.2, -0.15) is 9.36 Å². The standard InChI is InChI=1S/C21H24N8O6S2/c22-21-26-15(28-37-21)12(27-35)17(31)25-13-18(32)29-14(20(33)34)11(7-36-19(13)29)10(5-8-1-3-23-6-8)9-2-4-24-16(9)30/h8,13,19,23,35H,1-7H2,(H,24,30)(H,25,31)(H,33,34)(H2,22,26,28)/t8?,13-,19-/m1/s1. The minimum Gasteiger partial charge on any atom is -0.477 e. The number of carboxylic acids is 1. The van der Waals surface area contributed by atoms with E-state index in [-0.39, 0.29) is 34.2 Å². The number of thioether (sulfide) groups is 1. The van der Waals surface area contributed by atoms with Crippen molar-refractivity contribution >= 4 is 57.8 Å². The summed E-state index contributed by atoms with van der Waals surface area (Å²) in [6.07, 6.45) is 1.94. The van der Waals surface area contributed by atoms with Crippen LogP contribution in [0.4, 0.5) is 5.13 Å². The molecule has 4 aliphatic rings. The number of nitrogens with one attached hydrogen (secondary N) is 3. The Labute approximate surface area is 218 Å². The lowest BCUT2D eigenvalue weighted by atomic mass is 9.87. The van der Waals surface area contributed by atoms with Gasteiger partial charge in [-0.15, -0.1) is 11.8 Å². The molecule has 3 fully saturated rings. The second kappa shape index (κ2) is 10.1. The summed E-state index contributed by atoms with van der Waals surface area (Å²) < 4.78 is 3.84. The van der Waals surface area contributed by atoms with Crippen molar-refractivity contribution in [3.8, 4) is 0 Å². The van der Waals surface area contributed by atoms with Gasteiger partial charge in [-0.1, -0.05) is 5.16 Å². The fourth-order valence-electron chi connectivity index (χ4n) is 5.00. The SMILES string of the molecule is Nc1nc(C(=NO)C(=O)N[C@@H]2C(=O)N3C(C(=O)O)=C(C(CC4CCNC4)=C4CCNC4=O)CS[C@H]23)ns1. The minimum absolute atomic E-state index is 0.0655. The van der Waals surface area contributed by atoms with E-state index in [9.17, 15) is 29.5 Å². The predicted octanol–water partition coefficient (Wildman–Crippen LogP) is -1.15. The molecule has 1 aromatic rings. The zero-order chi connectivity index (χ0) is 26.3. The Balaban J connectivity index is 1.42. The molecule has 0 bridgehead atoms. The molecule has 3 atom stereocenters. The van der Waals surface area contributed by atoms with E-state index in [1.165, 1.54) is 11.8 Å². The van der Waals surface area contributed by atoms with E-state index in [4.69, 9.17) is 5.73 Å². The molecular formula is C21H24N8O6S2. The topological polar surface area (TPSA) is 212 Å². The summed E-state index contributed by atoms with van der Waals surface area (Å²) in [6.45, 7) is 2.11. The number of aliphatic carboxylic acids is 1. The van der Waals surface area contributed by atoms with Gasteiger partial charge in [0, 0.05) is 29.4 Å². The molecule has 14 nitrogen and oxygen atoms in total. The number of nitrogen functional groups attached to an aromatic ring is 1. The molecule has 0 radical (unpaired) electrons. The van der Waals surface area contributed by atoms with Crippen LogP contribution >= 0.6 is 23.3 Å². The van der Waals surface area contributed by atoms with Crippen molar-refractivity contribution in [2.75, 3.05) is 31.1 Å². The molecule has 5 heterocycles. The lowest BCUT2D eigenvalue weighted by Gasteiger charge is -2.49. The van der Waals surface area contributed by atoms with Crippen LogP contribution < -0.4 is 21.7 Å². The highest BCUT2D eigenvalue weighted by Gasteiger charge is 2.55. The normalized spacial score (nSPS) is 27.1. The summed E-state index contributed by atoms with van der Waals surface area (Å²) in [5.41, 5.74) is 6.56. The largest absolute Gasteiger partial charge is 0.477 e. The molecule has 3 saturated heterocycles. The summed E-state index contributed by atoms with van der Waals surface area (Å²) in [6, 6.07) is -1.05. The highest BCUT2D eigenvalue weighted by Crippen LogP contribution is 2.44. The number of nitrogens with zero attached hydrogens (tertiary/aromatic N) is 4. The van der Waals surface area contributed by atoms with Gasteiger partial charge >= 0.3 is 5.97 Å². The van der Waals surface area contributed by atoms with Crippen LogP contribution in [0.1, 0.15) is 25.1 Å². The van der Waals surface area contributed by atoms with Gasteiger partial charge in [0.2, 0.25) is 17.4 Å². The molecule has 3 amide bonds. The van der Waals surface area contributed by atoms with Gasteiger partial charge in [-0.3, -0.25) is 19.3 Å². The van der Waals surface area contributed by atoms with Gasteiger partial charge in [0.05, 0.1) is 0 Å². The smallest absolute Gasteiger partial charge is 0.352 e. The Morgan fingerprint density at radius 3 is 2.70 bits per heavy atom. The molecule has 1 unspecified atom stereocenters. The van der Waals surface area contributed by atoms with Crippen LogP contribution in [0.25, 0.3) is 0 Å². The Kier molecular flexibility index (Phi) is 6.87. The van der Waals surface area contributed by atoms with Crippen LogP contribution in [0.15, 0.2) is 27.6 Å². The number of fused-ring (bicyclic) bond motifs is 1. The Hall–Kier alpha value is -3.50. The third-order valence-electron chi connectivity index (χ3n) is 6.74. The number of nitrogens with two attached hydrogens (primary N) is 1. The average Bonchev–Trinajstić information content (AvgIpc) is 3.64. The number of carboxylic acid groups (broad SMARTS) is 1. The molecule has 1 aromatic heterocycles. The maximum atomic E-state index is 13.1. The van der Waals surface area contributed by atoms with Crippen LogP contribution in [-0.2, 0) is 19.2 Å². The molecular weight excluding hydrogens is 524 g/mol. The van der Waals surface area contributed by atoms with Crippen LogP contribution in [0.3, 0.4) is 0 Å². The maximum absolute atomic E-state index is 13.1. The van der Waals surface area contributed by atoms with Gasteiger partial charge < -0.3 is 32.0 Å². The maximum Gasteiger partial charge on any atom is 0.352 e. The van der Waals surface area contributed by atoms with Gasteiger partial charge in [0.25, 0.3) is 11.8 Å². The summed E-state index contributed by atoms with van der Waals surface area (Å²) in [4.78, 5) is 55.8. The van der Waals surface area contributed by atoms with Crippen LogP contribution in [-0.4, -0.2) is 90.8 Å². The molecule has 0 saturated carbocycles. The van der Waals surface area contributed by atoms with E-state index in [1.54, 1.807) is 0 Å². The first-order chi connectivity index (χ1) is 17.8. The second-order valence-electron chi connectivity index (χ2n) is 8.92. The van der Waals surface area contributed by atoms with Crippen LogP contribution in [0, 0.1) is 5.92 Å².